The number of aromatic nitrogens is 1. The smallest absolute Gasteiger partial charge is 0.0546 e. The van der Waals surface area contributed by atoms with E-state index in [0.29, 0.717) is 0 Å². The molecule has 3 nitrogen and oxygen atoms in total. The molecule has 10 aromatic rings. The number of hydrogen-bond donors (Lipinski definition) is 0. The summed E-state index contributed by atoms with van der Waals surface area (Å²) in [6.45, 7) is 0. The quantitative estimate of drug-likeness (QED) is 0.180. The largest absolute Gasteiger partial charge is 0.310 e. The van der Waals surface area contributed by atoms with Crippen LogP contribution >= 0.6 is 0 Å². The van der Waals surface area contributed by atoms with E-state index in [9.17, 15) is 0 Å². The highest BCUT2D eigenvalue weighted by atomic mass is 15.2. The first kappa shape index (κ1) is 29.6. The standard InChI is InChI=1S/C50H33N3/c1-2-17-36(18-3-1)52-47-24-9-7-21-42(47)44-33-39(31-32-48(44)52)51(45-25-11-14-34-13-4-5-19-40(34)45)37-27-29-38(30-28-37)53-46-23-8-6-20-41(46)43-22-10-15-35-16-12-26-49(53)50(35)43/h1-33H. The molecule has 0 aliphatic carbocycles. The molecule has 1 aliphatic heterocycles. The van der Waals surface area contributed by atoms with Gasteiger partial charge in [0.2, 0.25) is 0 Å². The van der Waals surface area contributed by atoms with Crippen molar-refractivity contribution in [3.8, 4) is 16.8 Å². The first-order valence-corrected chi connectivity index (χ1v) is 18.2. The van der Waals surface area contributed by atoms with E-state index in [4.69, 9.17) is 0 Å². The lowest BCUT2D eigenvalue weighted by Gasteiger charge is -2.34. The Labute approximate surface area is 307 Å². The van der Waals surface area contributed by atoms with Crippen LogP contribution in [-0.2, 0) is 0 Å². The van der Waals surface area contributed by atoms with E-state index in [1.165, 1.54) is 65.9 Å². The molecule has 0 saturated heterocycles. The number of benzene rings is 9. The maximum absolute atomic E-state index is 2.42. The third-order valence-electron chi connectivity index (χ3n) is 10.9. The van der Waals surface area contributed by atoms with Crippen LogP contribution in [0.3, 0.4) is 0 Å². The second-order valence-corrected chi connectivity index (χ2v) is 13.8. The molecule has 0 atom stereocenters. The highest BCUT2D eigenvalue weighted by Crippen LogP contribution is 2.51. The summed E-state index contributed by atoms with van der Waals surface area (Å²) >= 11 is 0. The van der Waals surface area contributed by atoms with Gasteiger partial charge in [-0.25, -0.2) is 0 Å². The minimum absolute atomic E-state index is 1.10. The lowest BCUT2D eigenvalue weighted by molar-refractivity contribution is 1.18. The van der Waals surface area contributed by atoms with Crippen LogP contribution in [0.25, 0.3) is 60.2 Å². The van der Waals surface area contributed by atoms with Gasteiger partial charge in [0.25, 0.3) is 0 Å². The third-order valence-corrected chi connectivity index (χ3v) is 10.9. The molecule has 248 valence electrons. The monoisotopic (exact) mass is 675 g/mol. The fourth-order valence-corrected chi connectivity index (χ4v) is 8.57. The van der Waals surface area contributed by atoms with Crippen molar-refractivity contribution in [2.24, 2.45) is 0 Å². The Morgan fingerprint density at radius 1 is 0.358 bits per heavy atom. The van der Waals surface area contributed by atoms with Gasteiger partial charge in [0.05, 0.1) is 28.1 Å². The van der Waals surface area contributed by atoms with Gasteiger partial charge in [-0.2, -0.15) is 0 Å². The van der Waals surface area contributed by atoms with E-state index in [1.54, 1.807) is 0 Å². The average molecular weight is 676 g/mol. The Balaban J connectivity index is 1.11. The lowest BCUT2D eigenvalue weighted by atomic mass is 9.91. The van der Waals surface area contributed by atoms with E-state index in [1.807, 2.05) is 0 Å². The summed E-state index contributed by atoms with van der Waals surface area (Å²) in [5.74, 6) is 0. The highest BCUT2D eigenvalue weighted by Gasteiger charge is 2.26. The summed E-state index contributed by atoms with van der Waals surface area (Å²) in [5.41, 5.74) is 13.0. The Morgan fingerprint density at radius 3 is 1.87 bits per heavy atom. The van der Waals surface area contributed by atoms with Crippen LogP contribution in [-0.4, -0.2) is 4.57 Å². The van der Waals surface area contributed by atoms with Crippen LogP contribution in [0.5, 0.6) is 0 Å². The van der Waals surface area contributed by atoms with Crippen LogP contribution in [0.15, 0.2) is 200 Å². The number of nitrogens with zero attached hydrogens (tertiary/aromatic N) is 3. The zero-order chi connectivity index (χ0) is 34.9. The van der Waals surface area contributed by atoms with Crippen LogP contribution < -0.4 is 9.80 Å². The molecule has 1 aromatic heterocycles. The number of rotatable bonds is 5. The van der Waals surface area contributed by atoms with Gasteiger partial charge in [0.15, 0.2) is 0 Å². The van der Waals surface area contributed by atoms with Crippen molar-refractivity contribution >= 4 is 77.5 Å². The van der Waals surface area contributed by atoms with Gasteiger partial charge in [0.1, 0.15) is 0 Å². The minimum atomic E-state index is 1.10. The van der Waals surface area contributed by atoms with Crippen molar-refractivity contribution in [1.29, 1.82) is 0 Å². The topological polar surface area (TPSA) is 11.4 Å². The lowest BCUT2D eigenvalue weighted by Crippen LogP contribution is -2.15. The summed E-state index contributed by atoms with van der Waals surface area (Å²) < 4.78 is 2.38. The molecular formula is C50H33N3. The van der Waals surface area contributed by atoms with Gasteiger partial charge in [0, 0.05) is 49.9 Å². The first-order valence-electron chi connectivity index (χ1n) is 18.2. The van der Waals surface area contributed by atoms with Crippen LogP contribution in [0.1, 0.15) is 0 Å². The fraction of sp³-hybridized carbons (Fsp3) is 0. The molecule has 0 saturated carbocycles. The summed E-state index contributed by atoms with van der Waals surface area (Å²) in [4.78, 5) is 4.83. The predicted octanol–water partition coefficient (Wildman–Crippen LogP) is 14.0. The second kappa shape index (κ2) is 11.7. The van der Waals surface area contributed by atoms with Crippen LogP contribution in [0.2, 0.25) is 0 Å². The SMILES string of the molecule is c1ccc(-n2c3ccccc3c3cc(N(c4ccc(N5c6ccccc6-c6cccc7cccc5c67)cc4)c4cccc5ccccc45)ccc32)cc1. The van der Waals surface area contributed by atoms with Gasteiger partial charge in [-0.15, -0.1) is 0 Å². The second-order valence-electron chi connectivity index (χ2n) is 13.8. The van der Waals surface area contributed by atoms with Crippen molar-refractivity contribution in [3.63, 3.8) is 0 Å². The van der Waals surface area contributed by atoms with Crippen molar-refractivity contribution in [3.05, 3.63) is 200 Å². The molecule has 0 fully saturated rings. The Kier molecular flexibility index (Phi) is 6.55. The minimum Gasteiger partial charge on any atom is -0.310 e. The zero-order valence-corrected chi connectivity index (χ0v) is 28.9. The maximum atomic E-state index is 2.42. The van der Waals surface area contributed by atoms with Crippen molar-refractivity contribution < 1.29 is 0 Å². The van der Waals surface area contributed by atoms with Crippen molar-refractivity contribution in [2.75, 3.05) is 9.80 Å². The van der Waals surface area contributed by atoms with Crippen LogP contribution in [0.4, 0.5) is 34.1 Å². The summed E-state index contributed by atoms with van der Waals surface area (Å²) in [7, 11) is 0. The molecular weight excluding hydrogens is 643 g/mol. The van der Waals surface area contributed by atoms with Gasteiger partial charge >= 0.3 is 0 Å². The average Bonchev–Trinajstić information content (AvgIpc) is 3.56. The normalized spacial score (nSPS) is 12.1. The van der Waals surface area contributed by atoms with E-state index in [2.05, 4.69) is 215 Å². The van der Waals surface area contributed by atoms with E-state index in [-0.39, 0.29) is 0 Å². The molecule has 3 heteroatoms. The third kappa shape index (κ3) is 4.54. The van der Waals surface area contributed by atoms with Gasteiger partial charge in [-0.05, 0) is 95.2 Å². The van der Waals surface area contributed by atoms with E-state index >= 15 is 0 Å². The molecule has 1 aliphatic rings. The molecule has 11 rings (SSSR count). The molecule has 9 aromatic carbocycles. The molecule has 0 radical (unpaired) electrons. The molecule has 0 bridgehead atoms. The molecule has 0 unspecified atom stereocenters. The molecule has 53 heavy (non-hydrogen) atoms. The molecule has 0 N–H and O–H groups in total. The molecule has 0 spiro atoms. The van der Waals surface area contributed by atoms with Crippen molar-refractivity contribution in [1.82, 2.24) is 4.57 Å². The molecule has 0 amide bonds. The maximum Gasteiger partial charge on any atom is 0.0546 e. The summed E-state index contributed by atoms with van der Waals surface area (Å²) in [6.07, 6.45) is 0. The fourth-order valence-electron chi connectivity index (χ4n) is 8.57. The van der Waals surface area contributed by atoms with E-state index in [0.717, 1.165) is 28.4 Å². The number of anilines is 6. The van der Waals surface area contributed by atoms with Crippen molar-refractivity contribution in [2.45, 2.75) is 0 Å². The first-order chi connectivity index (χ1) is 26.3. The number of para-hydroxylation sites is 3. The summed E-state index contributed by atoms with van der Waals surface area (Å²) in [6, 6.07) is 72.7. The Bertz CT molecular complexity index is 3000. The summed E-state index contributed by atoms with van der Waals surface area (Å²) in [5, 5.41) is 7.42. The Hall–Kier alpha value is -7.10. The number of fused-ring (bicyclic) bond motifs is 6. The zero-order valence-electron chi connectivity index (χ0n) is 28.9. The van der Waals surface area contributed by atoms with Gasteiger partial charge in [-0.3, -0.25) is 0 Å². The Morgan fingerprint density at radius 2 is 0.981 bits per heavy atom. The van der Waals surface area contributed by atoms with Gasteiger partial charge in [-0.1, -0.05) is 121 Å². The molecule has 2 heterocycles. The van der Waals surface area contributed by atoms with E-state index < -0.39 is 0 Å². The van der Waals surface area contributed by atoms with Crippen LogP contribution in [0, 0.1) is 0 Å². The number of hydrogen-bond acceptors (Lipinski definition) is 2. The highest BCUT2D eigenvalue weighted by molar-refractivity contribution is 6.14. The predicted molar refractivity (Wildman–Crippen MR) is 224 cm³/mol. The van der Waals surface area contributed by atoms with Gasteiger partial charge < -0.3 is 14.4 Å².